The molecular weight excluding hydrogens is 372 g/mol. The van der Waals surface area contributed by atoms with E-state index in [0.717, 1.165) is 8.66 Å². The highest BCUT2D eigenvalue weighted by molar-refractivity contribution is 9.11. The van der Waals surface area contributed by atoms with Crippen molar-refractivity contribution >= 4 is 43.0 Å². The topological polar surface area (TPSA) is 63.4 Å². The molecule has 2 aromatic rings. The van der Waals surface area contributed by atoms with Crippen LogP contribution in [0, 0.1) is 0 Å². The number of thiophene rings is 1. The molecule has 0 aliphatic carbocycles. The maximum atomic E-state index is 12.5. The molecule has 0 saturated carbocycles. The molecule has 0 radical (unpaired) electrons. The van der Waals surface area contributed by atoms with E-state index in [-0.39, 0.29) is 5.75 Å². The van der Waals surface area contributed by atoms with Gasteiger partial charge in [0.2, 0.25) is 10.0 Å². The van der Waals surface area contributed by atoms with Crippen LogP contribution in [-0.2, 0) is 22.3 Å². The summed E-state index contributed by atoms with van der Waals surface area (Å²) in [5.41, 5.74) is 6.99. The molecule has 1 aromatic carbocycles. The second kappa shape index (κ2) is 6.91. The third-order valence-corrected chi connectivity index (χ3v) is 6.49. The molecule has 0 aliphatic rings. The first-order valence-electron chi connectivity index (χ1n) is 6.47. The van der Waals surface area contributed by atoms with Crippen LogP contribution in [0.3, 0.4) is 0 Å². The van der Waals surface area contributed by atoms with E-state index >= 15 is 0 Å². The molecule has 0 bridgehead atoms. The van der Waals surface area contributed by atoms with Crippen LogP contribution in [0.5, 0.6) is 0 Å². The molecule has 0 aliphatic heterocycles. The predicted octanol–water partition coefficient (Wildman–Crippen LogP) is 3.44. The van der Waals surface area contributed by atoms with Crippen molar-refractivity contribution in [3.05, 3.63) is 50.6 Å². The van der Waals surface area contributed by atoms with E-state index in [2.05, 4.69) is 15.9 Å². The number of nitrogens with two attached hydrogens (primary N) is 1. The van der Waals surface area contributed by atoms with E-state index in [0.29, 0.717) is 24.3 Å². The van der Waals surface area contributed by atoms with Crippen molar-refractivity contribution in [2.45, 2.75) is 19.2 Å². The van der Waals surface area contributed by atoms with Gasteiger partial charge in [0.15, 0.2) is 0 Å². The van der Waals surface area contributed by atoms with Crippen LogP contribution in [0.2, 0.25) is 0 Å². The van der Waals surface area contributed by atoms with E-state index in [4.69, 9.17) is 5.73 Å². The normalized spacial score (nSPS) is 12.0. The molecule has 0 atom stereocenters. The molecule has 0 fully saturated rings. The molecule has 0 amide bonds. The van der Waals surface area contributed by atoms with Gasteiger partial charge in [-0.15, -0.1) is 11.3 Å². The van der Waals surface area contributed by atoms with E-state index in [9.17, 15) is 8.42 Å². The number of nitrogens with zero attached hydrogens (tertiary/aromatic N) is 1. The van der Waals surface area contributed by atoms with Crippen molar-refractivity contribution in [1.29, 1.82) is 0 Å². The van der Waals surface area contributed by atoms with Gasteiger partial charge in [-0.25, -0.2) is 8.42 Å². The molecule has 4 nitrogen and oxygen atoms in total. The molecule has 1 aromatic heterocycles. The van der Waals surface area contributed by atoms with Gasteiger partial charge in [-0.2, -0.15) is 4.31 Å². The Morgan fingerprint density at radius 3 is 2.62 bits per heavy atom. The van der Waals surface area contributed by atoms with Gasteiger partial charge >= 0.3 is 0 Å². The molecule has 1 heterocycles. The monoisotopic (exact) mass is 388 g/mol. The van der Waals surface area contributed by atoms with Crippen LogP contribution in [0.15, 0.2) is 40.2 Å². The fraction of sp³-hybridized carbons (Fsp3) is 0.286. The minimum Gasteiger partial charge on any atom is -0.399 e. The first-order chi connectivity index (χ1) is 9.90. The van der Waals surface area contributed by atoms with Crippen LogP contribution in [0.25, 0.3) is 0 Å². The molecule has 0 saturated heterocycles. The average Bonchev–Trinajstić information content (AvgIpc) is 2.81. The van der Waals surface area contributed by atoms with Gasteiger partial charge in [-0.05, 0) is 45.8 Å². The number of benzene rings is 1. The van der Waals surface area contributed by atoms with Gasteiger partial charge in [-0.3, -0.25) is 0 Å². The van der Waals surface area contributed by atoms with Gasteiger partial charge in [0.1, 0.15) is 0 Å². The molecule has 21 heavy (non-hydrogen) atoms. The Labute approximate surface area is 137 Å². The third-order valence-electron chi connectivity index (χ3n) is 3.01. The summed E-state index contributed by atoms with van der Waals surface area (Å²) >= 11 is 4.94. The van der Waals surface area contributed by atoms with Crippen molar-refractivity contribution in [1.82, 2.24) is 4.31 Å². The summed E-state index contributed by atoms with van der Waals surface area (Å²) in [7, 11) is -3.36. The summed E-state index contributed by atoms with van der Waals surface area (Å²) in [5, 5.41) is 0. The highest BCUT2D eigenvalue weighted by atomic mass is 79.9. The fourth-order valence-electron chi connectivity index (χ4n) is 2.00. The number of nitrogen functional groups attached to an aromatic ring is 1. The standard InChI is InChI=1S/C14H17BrN2O2S2/c1-2-17(9-13-6-7-14(15)20-13)21(18,19)10-11-4-3-5-12(16)8-11/h3-8H,2,9-10,16H2,1H3. The number of hydrogen-bond acceptors (Lipinski definition) is 4. The number of anilines is 1. The molecule has 2 N–H and O–H groups in total. The van der Waals surface area contributed by atoms with Crippen LogP contribution in [0.4, 0.5) is 5.69 Å². The Morgan fingerprint density at radius 1 is 1.29 bits per heavy atom. The van der Waals surface area contributed by atoms with Crippen LogP contribution in [-0.4, -0.2) is 19.3 Å². The van der Waals surface area contributed by atoms with Crippen molar-refractivity contribution in [3.8, 4) is 0 Å². The van der Waals surface area contributed by atoms with E-state index < -0.39 is 10.0 Å². The first kappa shape index (κ1) is 16.5. The maximum absolute atomic E-state index is 12.5. The van der Waals surface area contributed by atoms with E-state index in [1.807, 2.05) is 19.1 Å². The van der Waals surface area contributed by atoms with Gasteiger partial charge < -0.3 is 5.73 Å². The quantitative estimate of drug-likeness (QED) is 0.770. The van der Waals surface area contributed by atoms with Gasteiger partial charge in [0.05, 0.1) is 9.54 Å². The van der Waals surface area contributed by atoms with Crippen LogP contribution < -0.4 is 5.73 Å². The lowest BCUT2D eigenvalue weighted by atomic mass is 10.2. The predicted molar refractivity (Wildman–Crippen MR) is 91.6 cm³/mol. The Kier molecular flexibility index (Phi) is 5.43. The lowest BCUT2D eigenvalue weighted by Gasteiger charge is -2.20. The summed E-state index contributed by atoms with van der Waals surface area (Å²) in [5.74, 6) is -0.0293. The van der Waals surface area contributed by atoms with Crippen LogP contribution in [0.1, 0.15) is 17.4 Å². The summed E-state index contributed by atoms with van der Waals surface area (Å²) in [6.45, 7) is 2.69. The van der Waals surface area contributed by atoms with Gasteiger partial charge in [0.25, 0.3) is 0 Å². The summed E-state index contributed by atoms with van der Waals surface area (Å²) in [6, 6.07) is 10.9. The molecule has 0 unspecified atom stereocenters. The average molecular weight is 389 g/mol. The fourth-order valence-corrected chi connectivity index (χ4v) is 5.10. The van der Waals surface area contributed by atoms with Crippen molar-refractivity contribution in [3.63, 3.8) is 0 Å². The van der Waals surface area contributed by atoms with Crippen molar-refractivity contribution in [2.75, 3.05) is 12.3 Å². The van der Waals surface area contributed by atoms with Crippen molar-refractivity contribution < 1.29 is 8.42 Å². The summed E-state index contributed by atoms with van der Waals surface area (Å²) < 4.78 is 27.6. The number of hydrogen-bond donors (Lipinski definition) is 1. The summed E-state index contributed by atoms with van der Waals surface area (Å²) in [6.07, 6.45) is 0. The minimum atomic E-state index is -3.36. The second-order valence-electron chi connectivity index (χ2n) is 4.63. The zero-order valence-corrected chi connectivity index (χ0v) is 14.8. The number of rotatable bonds is 6. The first-order valence-corrected chi connectivity index (χ1v) is 9.69. The molecule has 7 heteroatoms. The lowest BCUT2D eigenvalue weighted by Crippen LogP contribution is -2.31. The Hall–Kier alpha value is -0.890. The molecule has 2 rings (SSSR count). The largest absolute Gasteiger partial charge is 0.399 e. The molecule has 114 valence electrons. The lowest BCUT2D eigenvalue weighted by molar-refractivity contribution is 0.425. The minimum absolute atomic E-state index is 0.0293. The number of sulfonamides is 1. The second-order valence-corrected chi connectivity index (χ2v) is 9.15. The zero-order chi connectivity index (χ0) is 15.5. The molecule has 0 spiro atoms. The van der Waals surface area contributed by atoms with Gasteiger partial charge in [0, 0.05) is 23.7 Å². The Balaban J connectivity index is 2.15. The third kappa shape index (κ3) is 4.54. The summed E-state index contributed by atoms with van der Waals surface area (Å²) in [4.78, 5) is 1.01. The smallest absolute Gasteiger partial charge is 0.218 e. The highest BCUT2D eigenvalue weighted by Gasteiger charge is 2.21. The van der Waals surface area contributed by atoms with E-state index in [1.165, 1.54) is 4.31 Å². The van der Waals surface area contributed by atoms with E-state index in [1.54, 1.807) is 35.6 Å². The molecular formula is C14H17BrN2O2S2. The van der Waals surface area contributed by atoms with Crippen LogP contribution >= 0.6 is 27.3 Å². The van der Waals surface area contributed by atoms with Gasteiger partial charge in [-0.1, -0.05) is 19.1 Å². The Morgan fingerprint density at radius 2 is 2.05 bits per heavy atom. The zero-order valence-electron chi connectivity index (χ0n) is 11.6. The highest BCUT2D eigenvalue weighted by Crippen LogP contribution is 2.24. The number of halogens is 1. The maximum Gasteiger partial charge on any atom is 0.218 e. The van der Waals surface area contributed by atoms with Crippen molar-refractivity contribution in [2.24, 2.45) is 0 Å². The SMILES string of the molecule is CCN(Cc1ccc(Br)s1)S(=O)(=O)Cc1cccc(N)c1. The Bertz CT molecular complexity index is 713.